The van der Waals surface area contributed by atoms with E-state index in [9.17, 15) is 10.1 Å². The van der Waals surface area contributed by atoms with Crippen molar-refractivity contribution < 1.29 is 28.5 Å². The fourth-order valence-electron chi connectivity index (χ4n) is 8.60. The molecule has 0 spiro atoms. The molecule has 0 saturated carbocycles. The maximum Gasteiger partial charge on any atom is 0.299 e. The highest BCUT2D eigenvalue weighted by atomic mass is 32.1. The number of carbonyl (C=O) groups is 1. The highest BCUT2D eigenvalue weighted by Gasteiger charge is 2.34. The number of rotatable bonds is 20. The van der Waals surface area contributed by atoms with Gasteiger partial charge in [0.05, 0.1) is 19.5 Å². The summed E-state index contributed by atoms with van der Waals surface area (Å²) in [4.78, 5) is 19.6. The lowest BCUT2D eigenvalue weighted by Gasteiger charge is -2.18. The zero-order valence-corrected chi connectivity index (χ0v) is 41.2. The van der Waals surface area contributed by atoms with Gasteiger partial charge in [-0.1, -0.05) is 137 Å². The van der Waals surface area contributed by atoms with Crippen LogP contribution in [0.15, 0.2) is 103 Å². The lowest BCUT2D eigenvalue weighted by molar-refractivity contribution is -0.124. The molecule has 0 fully saturated rings. The Balaban J connectivity index is 1.11. The number of aryl methyl sites for hydroxylation is 2. The van der Waals surface area contributed by atoms with Crippen LogP contribution in [0, 0.1) is 11.3 Å². The van der Waals surface area contributed by atoms with E-state index in [1.54, 1.807) is 11.3 Å². The van der Waals surface area contributed by atoms with Crippen molar-refractivity contribution in [3.05, 3.63) is 136 Å². The largest absolute Gasteiger partial charge is 0.485 e. The summed E-state index contributed by atoms with van der Waals surface area (Å²) in [6.45, 7) is 6.42. The topological polar surface area (TPSA) is 87.0 Å². The number of nitriles is 1. The van der Waals surface area contributed by atoms with Gasteiger partial charge in [-0.25, -0.2) is 0 Å². The average molecular weight is 964 g/mol. The smallest absolute Gasteiger partial charge is 0.299 e. The number of thiophene rings is 4. The van der Waals surface area contributed by atoms with Crippen molar-refractivity contribution in [1.82, 2.24) is 0 Å². The third-order valence-electron chi connectivity index (χ3n) is 11.9. The van der Waals surface area contributed by atoms with Gasteiger partial charge in [-0.15, -0.1) is 45.3 Å². The van der Waals surface area contributed by atoms with Crippen molar-refractivity contribution in [2.75, 3.05) is 26.4 Å². The van der Waals surface area contributed by atoms with Crippen LogP contribution >= 0.6 is 45.3 Å². The van der Waals surface area contributed by atoms with E-state index in [4.69, 9.17) is 23.7 Å². The van der Waals surface area contributed by atoms with Gasteiger partial charge in [-0.2, -0.15) is 5.26 Å². The van der Waals surface area contributed by atoms with Gasteiger partial charge in [0.25, 0.3) is 6.47 Å². The Kier molecular flexibility index (Phi) is 15.4. The number of nitrogens with zero attached hydrogens (tertiary/aromatic N) is 1. The molecule has 67 heavy (non-hydrogen) atoms. The SMILES string of the molecule is CCCCCCc1cc(-c2sc(-c3sc(-c4sc(/C=C(/C#N)OC=O)c5c4OCCO5)c4c3OCCO4)cc2CCCCCC)sc1-c1ccc(C=C(c2ccccc2)c2ccccc2)cc1. The van der Waals surface area contributed by atoms with E-state index in [0.29, 0.717) is 48.6 Å². The Hall–Kier alpha value is -5.90. The van der Waals surface area contributed by atoms with Crippen LogP contribution in [0.3, 0.4) is 0 Å². The third kappa shape index (κ3) is 10.5. The number of hydrogen-bond donors (Lipinski definition) is 0. The maximum absolute atomic E-state index is 11.1. The Bertz CT molecular complexity index is 2850. The van der Waals surface area contributed by atoms with Gasteiger partial charge in [-0.3, -0.25) is 4.79 Å². The molecule has 2 aliphatic heterocycles. The van der Waals surface area contributed by atoms with E-state index >= 15 is 0 Å². The molecule has 6 heterocycles. The molecule has 2 aliphatic rings. The van der Waals surface area contributed by atoms with Gasteiger partial charge in [0.2, 0.25) is 5.76 Å². The van der Waals surface area contributed by atoms with E-state index in [1.165, 1.54) is 110 Å². The molecule has 0 aliphatic carbocycles. The van der Waals surface area contributed by atoms with Crippen LogP contribution in [0.1, 0.15) is 97.9 Å². The number of carbonyl (C=O) groups excluding carboxylic acids is 1. The molecule has 0 N–H and O–H groups in total. The Morgan fingerprint density at radius 3 is 1.69 bits per heavy atom. The monoisotopic (exact) mass is 963 g/mol. The number of fused-ring (bicyclic) bond motifs is 2. The molecule has 11 heteroatoms. The summed E-state index contributed by atoms with van der Waals surface area (Å²) < 4.78 is 30.2. The second-order valence-electron chi connectivity index (χ2n) is 16.6. The highest BCUT2D eigenvalue weighted by Crippen LogP contribution is 2.61. The molecule has 7 aromatic rings. The van der Waals surface area contributed by atoms with Crippen LogP contribution in [0.2, 0.25) is 0 Å². The zero-order chi connectivity index (χ0) is 46.0. The molecule has 0 amide bonds. The number of hydrogen-bond acceptors (Lipinski definition) is 11. The summed E-state index contributed by atoms with van der Waals surface area (Å²) in [6, 6.07) is 37.3. The van der Waals surface area contributed by atoms with Crippen molar-refractivity contribution in [2.24, 2.45) is 0 Å². The van der Waals surface area contributed by atoms with E-state index in [2.05, 4.69) is 117 Å². The number of benzene rings is 3. The molecule has 0 unspecified atom stereocenters. The first kappa shape index (κ1) is 46.2. The zero-order valence-electron chi connectivity index (χ0n) is 37.9. The van der Waals surface area contributed by atoms with Gasteiger partial charge in [-0.05, 0) is 82.8 Å². The first-order valence-corrected chi connectivity index (χ1v) is 26.6. The van der Waals surface area contributed by atoms with Crippen LogP contribution in [-0.4, -0.2) is 32.9 Å². The van der Waals surface area contributed by atoms with E-state index in [1.807, 2.05) is 28.7 Å². The fourth-order valence-corrected chi connectivity index (χ4v) is 13.7. The van der Waals surface area contributed by atoms with Crippen LogP contribution in [0.4, 0.5) is 0 Å². The third-order valence-corrected chi connectivity index (χ3v) is 17.1. The first-order valence-electron chi connectivity index (χ1n) is 23.3. The Morgan fingerprint density at radius 2 is 1.10 bits per heavy atom. The molecular weight excluding hydrogens is 911 g/mol. The Labute approximate surface area is 409 Å². The normalized spacial score (nSPS) is 13.0. The summed E-state index contributed by atoms with van der Waals surface area (Å²) in [5.41, 5.74) is 8.81. The molecule has 0 atom stereocenters. The molecule has 0 radical (unpaired) electrons. The van der Waals surface area contributed by atoms with Gasteiger partial charge >= 0.3 is 0 Å². The van der Waals surface area contributed by atoms with Crippen molar-refractivity contribution in [2.45, 2.75) is 78.1 Å². The molecule has 0 saturated heterocycles. The van der Waals surface area contributed by atoms with Crippen LogP contribution < -0.4 is 18.9 Å². The molecule has 9 rings (SSSR count). The molecule has 0 bridgehead atoms. The van der Waals surface area contributed by atoms with Gasteiger partial charge in [0.15, 0.2) is 23.0 Å². The lowest BCUT2D eigenvalue weighted by atomic mass is 9.95. The quantitative estimate of drug-likeness (QED) is 0.0247. The average Bonchev–Trinajstić information content (AvgIpc) is 4.17. The minimum absolute atomic E-state index is 0.128. The second-order valence-corrected chi connectivity index (χ2v) is 20.7. The van der Waals surface area contributed by atoms with Crippen molar-refractivity contribution in [3.63, 3.8) is 0 Å². The summed E-state index contributed by atoms with van der Waals surface area (Å²) in [5, 5.41) is 9.65. The standard InChI is InChI=1S/C56H53NO6S4/c1-3-5-7-11-21-41-32-46(65-52(41)40-25-23-37(24-26-40)31-44(38-17-13-9-14-18-38)39-19-15-10-16-20-39)53-42(22-12-8-6-4-2)33-47(66-53)54-50-51(62-30-29-61-50)56(67-54)55-49-48(59-27-28-60-49)45(64-55)34-43(35-57)63-36-58/h9-10,13-20,23-26,31-34,36H,3-8,11-12,21-22,27-30H2,1-2H3/b43-34-. The Morgan fingerprint density at radius 1 is 0.582 bits per heavy atom. The fraction of sp³-hybridized carbons (Fsp3) is 0.286. The van der Waals surface area contributed by atoms with E-state index in [0.717, 1.165) is 50.9 Å². The van der Waals surface area contributed by atoms with E-state index < -0.39 is 0 Å². The minimum Gasteiger partial charge on any atom is -0.485 e. The summed E-state index contributed by atoms with van der Waals surface area (Å²) in [7, 11) is 0. The predicted octanol–water partition coefficient (Wildman–Crippen LogP) is 16.0. The molecule has 7 nitrogen and oxygen atoms in total. The van der Waals surface area contributed by atoms with Crippen molar-refractivity contribution in [3.8, 4) is 68.8 Å². The van der Waals surface area contributed by atoms with Gasteiger partial charge in [0.1, 0.15) is 32.5 Å². The summed E-state index contributed by atoms with van der Waals surface area (Å²) in [5.74, 6) is 2.42. The summed E-state index contributed by atoms with van der Waals surface area (Å²) >= 11 is 6.82. The summed E-state index contributed by atoms with van der Waals surface area (Å²) in [6.07, 6.45) is 15.4. The minimum atomic E-state index is -0.128. The van der Waals surface area contributed by atoms with Crippen LogP contribution in [0.5, 0.6) is 23.0 Å². The van der Waals surface area contributed by atoms with Gasteiger partial charge < -0.3 is 23.7 Å². The maximum atomic E-state index is 11.1. The highest BCUT2D eigenvalue weighted by molar-refractivity contribution is 7.29. The number of ether oxygens (including phenoxy) is 5. The van der Waals surface area contributed by atoms with Crippen LogP contribution in [0.25, 0.3) is 57.4 Å². The first-order chi connectivity index (χ1) is 33.1. The second kappa shape index (κ2) is 22.3. The molecule has 4 aromatic heterocycles. The molecule has 3 aromatic carbocycles. The number of unbranched alkanes of at least 4 members (excludes halogenated alkanes) is 6. The number of allylic oxidation sites excluding steroid dienone is 1. The lowest BCUT2D eigenvalue weighted by Crippen LogP contribution is -2.15. The molecular formula is C56H53NO6S4. The molecule has 342 valence electrons. The van der Waals surface area contributed by atoms with Crippen molar-refractivity contribution in [1.29, 1.82) is 5.26 Å². The predicted molar refractivity (Wildman–Crippen MR) is 278 cm³/mol. The van der Waals surface area contributed by atoms with Crippen molar-refractivity contribution >= 4 is 69.5 Å². The van der Waals surface area contributed by atoms with Gasteiger partial charge in [0, 0.05) is 25.6 Å². The van der Waals surface area contributed by atoms with E-state index in [-0.39, 0.29) is 12.2 Å². The van der Waals surface area contributed by atoms with Crippen LogP contribution in [-0.2, 0) is 22.4 Å².